The molecule has 0 fully saturated rings. The zero-order valence-corrected chi connectivity index (χ0v) is 14.5. The molecule has 0 saturated heterocycles. The molecule has 0 saturated carbocycles. The monoisotopic (exact) mass is 367 g/mol. The van der Waals surface area contributed by atoms with Crippen molar-refractivity contribution in [2.45, 2.75) is 20.4 Å². The molecule has 0 radical (unpaired) electrons. The summed E-state index contributed by atoms with van der Waals surface area (Å²) in [5.74, 6) is 0.631. The molecular formula is C15H18BrN3OS. The number of anilines is 1. The number of carbonyl (C=O) groups excluding carboxylic acids is 1. The van der Waals surface area contributed by atoms with Crippen LogP contribution < -0.4 is 5.32 Å². The average molecular weight is 368 g/mol. The molecule has 0 unspecified atom stereocenters. The molecule has 2 aromatic heterocycles. The van der Waals surface area contributed by atoms with E-state index in [1.165, 1.54) is 4.88 Å². The van der Waals surface area contributed by atoms with Gasteiger partial charge in [-0.05, 0) is 47.3 Å². The average Bonchev–Trinajstić information content (AvgIpc) is 2.99. The highest BCUT2D eigenvalue weighted by molar-refractivity contribution is 9.10. The van der Waals surface area contributed by atoms with Crippen LogP contribution in [0.1, 0.15) is 29.1 Å². The molecular weight excluding hydrogens is 350 g/mol. The van der Waals surface area contributed by atoms with Gasteiger partial charge in [-0.1, -0.05) is 6.07 Å². The van der Waals surface area contributed by atoms with Crippen LogP contribution in [0.5, 0.6) is 0 Å². The van der Waals surface area contributed by atoms with Crippen molar-refractivity contribution < 1.29 is 4.79 Å². The first-order valence-electron chi connectivity index (χ1n) is 6.86. The van der Waals surface area contributed by atoms with Crippen LogP contribution >= 0.6 is 27.3 Å². The first-order valence-corrected chi connectivity index (χ1v) is 8.54. The lowest BCUT2D eigenvalue weighted by molar-refractivity contribution is 0.0754. The highest BCUT2D eigenvalue weighted by Gasteiger charge is 2.19. The van der Waals surface area contributed by atoms with E-state index in [0.717, 1.165) is 11.0 Å². The molecule has 0 aliphatic carbocycles. The lowest BCUT2D eigenvalue weighted by atomic mass is 10.2. The van der Waals surface area contributed by atoms with Crippen molar-refractivity contribution in [2.75, 3.05) is 18.4 Å². The molecule has 2 aromatic rings. The summed E-state index contributed by atoms with van der Waals surface area (Å²) in [6.07, 6.45) is 1.70. The van der Waals surface area contributed by atoms with Crippen molar-refractivity contribution in [3.8, 4) is 0 Å². The van der Waals surface area contributed by atoms with Crippen LogP contribution in [-0.2, 0) is 6.54 Å². The van der Waals surface area contributed by atoms with Crippen LogP contribution in [0.15, 0.2) is 34.2 Å². The van der Waals surface area contributed by atoms with Gasteiger partial charge in [0.15, 0.2) is 0 Å². The van der Waals surface area contributed by atoms with Crippen LogP contribution in [0.3, 0.4) is 0 Å². The highest BCUT2D eigenvalue weighted by atomic mass is 79.9. The molecule has 0 bridgehead atoms. The number of halogens is 1. The van der Waals surface area contributed by atoms with E-state index in [9.17, 15) is 4.79 Å². The molecule has 112 valence electrons. The zero-order valence-electron chi connectivity index (χ0n) is 12.1. The predicted molar refractivity (Wildman–Crippen MR) is 90.8 cm³/mol. The lowest BCUT2D eigenvalue weighted by Crippen LogP contribution is -2.30. The summed E-state index contributed by atoms with van der Waals surface area (Å²) in [4.78, 5) is 20.1. The Labute approximate surface area is 137 Å². The second kappa shape index (κ2) is 7.56. The summed E-state index contributed by atoms with van der Waals surface area (Å²) in [6.45, 7) is 6.00. The van der Waals surface area contributed by atoms with Gasteiger partial charge in [-0.25, -0.2) is 4.98 Å². The minimum atomic E-state index is -0.00403. The van der Waals surface area contributed by atoms with Gasteiger partial charge in [0, 0.05) is 28.6 Å². The number of hydrogen-bond acceptors (Lipinski definition) is 4. The highest BCUT2D eigenvalue weighted by Crippen LogP contribution is 2.21. The van der Waals surface area contributed by atoms with E-state index in [0.29, 0.717) is 24.5 Å². The molecule has 1 N–H and O–H groups in total. The van der Waals surface area contributed by atoms with Gasteiger partial charge in [0.25, 0.3) is 5.91 Å². The van der Waals surface area contributed by atoms with Gasteiger partial charge in [0.05, 0.1) is 12.1 Å². The summed E-state index contributed by atoms with van der Waals surface area (Å²) >= 11 is 5.05. The number of nitrogens with zero attached hydrogens (tertiary/aromatic N) is 2. The molecule has 0 aliphatic rings. The second-order valence-corrected chi connectivity index (χ2v) is 6.43. The molecule has 6 heteroatoms. The van der Waals surface area contributed by atoms with E-state index in [1.807, 2.05) is 42.3 Å². The Morgan fingerprint density at radius 1 is 1.48 bits per heavy atom. The van der Waals surface area contributed by atoms with Gasteiger partial charge < -0.3 is 10.2 Å². The second-order valence-electron chi connectivity index (χ2n) is 4.48. The first-order chi connectivity index (χ1) is 10.2. The van der Waals surface area contributed by atoms with Crippen LogP contribution in [0.25, 0.3) is 0 Å². The fraction of sp³-hybridized carbons (Fsp3) is 0.333. The van der Waals surface area contributed by atoms with Gasteiger partial charge >= 0.3 is 0 Å². The van der Waals surface area contributed by atoms with Crippen molar-refractivity contribution in [2.24, 2.45) is 0 Å². The fourth-order valence-electron chi connectivity index (χ4n) is 2.00. The van der Waals surface area contributed by atoms with Gasteiger partial charge in [0.2, 0.25) is 0 Å². The van der Waals surface area contributed by atoms with Gasteiger partial charge in [0.1, 0.15) is 5.82 Å². The minimum Gasteiger partial charge on any atom is -0.370 e. The van der Waals surface area contributed by atoms with Crippen LogP contribution in [-0.4, -0.2) is 28.9 Å². The van der Waals surface area contributed by atoms with E-state index in [-0.39, 0.29) is 5.91 Å². The number of aromatic nitrogens is 1. The summed E-state index contributed by atoms with van der Waals surface area (Å²) < 4.78 is 0.805. The van der Waals surface area contributed by atoms with E-state index in [2.05, 4.69) is 26.2 Å². The third kappa shape index (κ3) is 4.04. The summed E-state index contributed by atoms with van der Waals surface area (Å²) in [7, 11) is 0. The number of rotatable bonds is 6. The largest absolute Gasteiger partial charge is 0.370 e. The van der Waals surface area contributed by atoms with E-state index >= 15 is 0 Å². The third-order valence-corrected chi connectivity index (χ3v) is 4.32. The normalized spacial score (nSPS) is 10.4. The summed E-state index contributed by atoms with van der Waals surface area (Å²) in [5, 5.41) is 5.17. The number of nitrogens with one attached hydrogen (secondary N) is 1. The molecule has 0 aromatic carbocycles. The smallest absolute Gasteiger partial charge is 0.257 e. The standard InChI is InChI=1S/C15H18BrN3OS/c1-3-17-14-13(8-11(16)9-18-14)15(20)19(4-2)10-12-6-5-7-21-12/h5-9H,3-4,10H2,1-2H3,(H,17,18). The summed E-state index contributed by atoms with van der Waals surface area (Å²) in [5.41, 5.74) is 0.602. The molecule has 1 amide bonds. The predicted octanol–water partition coefficient (Wildman–Crippen LogP) is 4.00. The number of carbonyl (C=O) groups is 1. The zero-order chi connectivity index (χ0) is 15.2. The maximum absolute atomic E-state index is 12.8. The van der Waals surface area contributed by atoms with Crippen molar-refractivity contribution in [3.05, 3.63) is 44.7 Å². The van der Waals surface area contributed by atoms with E-state index < -0.39 is 0 Å². The molecule has 4 nitrogen and oxygen atoms in total. The van der Waals surface area contributed by atoms with Gasteiger partial charge in [-0.3, -0.25) is 4.79 Å². The Bertz CT molecular complexity index is 601. The number of thiophene rings is 1. The molecule has 0 atom stereocenters. The van der Waals surface area contributed by atoms with Crippen LogP contribution in [0.2, 0.25) is 0 Å². The number of amides is 1. The van der Waals surface area contributed by atoms with Crippen molar-refractivity contribution in [1.82, 2.24) is 9.88 Å². The Morgan fingerprint density at radius 3 is 2.90 bits per heavy atom. The van der Waals surface area contributed by atoms with Crippen molar-refractivity contribution >= 4 is 39.0 Å². The van der Waals surface area contributed by atoms with Gasteiger partial charge in [-0.15, -0.1) is 11.3 Å². The molecule has 2 heterocycles. The lowest BCUT2D eigenvalue weighted by Gasteiger charge is -2.21. The minimum absolute atomic E-state index is 0.00403. The maximum Gasteiger partial charge on any atom is 0.257 e. The molecule has 0 aliphatic heterocycles. The SMILES string of the molecule is CCNc1ncc(Br)cc1C(=O)N(CC)Cc1cccs1. The van der Waals surface area contributed by atoms with Gasteiger partial charge in [-0.2, -0.15) is 0 Å². The Balaban J connectivity index is 2.26. The van der Waals surface area contributed by atoms with Crippen LogP contribution in [0, 0.1) is 0 Å². The number of hydrogen-bond donors (Lipinski definition) is 1. The Kier molecular flexibility index (Phi) is 5.76. The van der Waals surface area contributed by atoms with Crippen LogP contribution in [0.4, 0.5) is 5.82 Å². The fourth-order valence-corrected chi connectivity index (χ4v) is 3.05. The van der Waals surface area contributed by atoms with Crippen molar-refractivity contribution in [3.63, 3.8) is 0 Å². The summed E-state index contributed by atoms with van der Waals surface area (Å²) in [6, 6.07) is 5.87. The van der Waals surface area contributed by atoms with Crippen molar-refractivity contribution in [1.29, 1.82) is 0 Å². The quantitative estimate of drug-likeness (QED) is 0.838. The third-order valence-electron chi connectivity index (χ3n) is 3.02. The first kappa shape index (κ1) is 16.0. The van der Waals surface area contributed by atoms with E-state index in [1.54, 1.807) is 17.5 Å². The topological polar surface area (TPSA) is 45.2 Å². The van der Waals surface area contributed by atoms with E-state index in [4.69, 9.17) is 0 Å². The maximum atomic E-state index is 12.8. The molecule has 2 rings (SSSR count). The Morgan fingerprint density at radius 2 is 2.29 bits per heavy atom. The number of pyridine rings is 1. The molecule has 0 spiro atoms. The Hall–Kier alpha value is -1.40. The molecule has 21 heavy (non-hydrogen) atoms.